The van der Waals surface area contributed by atoms with Crippen molar-refractivity contribution in [1.82, 2.24) is 14.6 Å². The molecule has 2 aromatic heterocycles. The predicted molar refractivity (Wildman–Crippen MR) is 81.0 cm³/mol. The van der Waals surface area contributed by atoms with E-state index >= 15 is 0 Å². The number of fused-ring (bicyclic) bond motifs is 1. The largest absolute Gasteiger partial charge is 0.489 e. The number of anilines is 1. The number of benzene rings is 1. The van der Waals surface area contributed by atoms with E-state index in [2.05, 4.69) is 15.4 Å². The lowest BCUT2D eigenvalue weighted by atomic mass is 10.2. The number of nitrogens with zero attached hydrogens (tertiary/aromatic N) is 3. The quantitative estimate of drug-likeness (QED) is 0.804. The fourth-order valence-electron chi connectivity index (χ4n) is 1.86. The summed E-state index contributed by atoms with van der Waals surface area (Å²) in [6, 6.07) is 7.33. The molecule has 0 aliphatic rings. The summed E-state index contributed by atoms with van der Waals surface area (Å²) >= 11 is 1.38. The Morgan fingerprint density at radius 2 is 2.19 bits per heavy atom. The van der Waals surface area contributed by atoms with Gasteiger partial charge in [0.2, 0.25) is 4.96 Å². The first-order valence-corrected chi connectivity index (χ1v) is 7.37. The van der Waals surface area contributed by atoms with Crippen LogP contribution in [0.3, 0.4) is 0 Å². The highest BCUT2D eigenvalue weighted by Gasteiger charge is 2.14. The molecule has 0 saturated carbocycles. The zero-order chi connectivity index (χ0) is 14.8. The number of ether oxygens (including phenoxy) is 1. The molecular weight excluding hydrogens is 288 g/mol. The molecule has 6 nitrogen and oxygen atoms in total. The smallest absolute Gasteiger partial charge is 0.276 e. The van der Waals surface area contributed by atoms with E-state index in [0.717, 1.165) is 0 Å². The molecule has 0 radical (unpaired) electrons. The fourth-order valence-corrected chi connectivity index (χ4v) is 2.46. The first kappa shape index (κ1) is 13.6. The number of hydrogen-bond acceptors (Lipinski definition) is 5. The van der Waals surface area contributed by atoms with E-state index in [1.54, 1.807) is 22.3 Å². The molecule has 21 heavy (non-hydrogen) atoms. The highest BCUT2D eigenvalue weighted by molar-refractivity contribution is 7.14. The van der Waals surface area contributed by atoms with Gasteiger partial charge in [-0.25, -0.2) is 9.50 Å². The second-order valence-corrected chi connectivity index (χ2v) is 5.52. The van der Waals surface area contributed by atoms with Crippen LogP contribution < -0.4 is 10.1 Å². The maximum Gasteiger partial charge on any atom is 0.276 e. The molecule has 108 valence electrons. The van der Waals surface area contributed by atoms with E-state index in [1.165, 1.54) is 11.3 Å². The average molecular weight is 302 g/mol. The van der Waals surface area contributed by atoms with Crippen molar-refractivity contribution in [3.8, 4) is 5.75 Å². The highest BCUT2D eigenvalue weighted by Crippen LogP contribution is 2.25. The summed E-state index contributed by atoms with van der Waals surface area (Å²) in [5, 5.41) is 6.87. The van der Waals surface area contributed by atoms with E-state index in [9.17, 15) is 4.79 Å². The van der Waals surface area contributed by atoms with Crippen molar-refractivity contribution in [2.24, 2.45) is 0 Å². The Kier molecular flexibility index (Phi) is 3.57. The van der Waals surface area contributed by atoms with Crippen molar-refractivity contribution in [2.75, 3.05) is 5.32 Å². The first-order valence-electron chi connectivity index (χ1n) is 6.49. The monoisotopic (exact) mass is 302 g/mol. The Balaban J connectivity index is 1.82. The molecule has 0 bridgehead atoms. The van der Waals surface area contributed by atoms with Crippen LogP contribution in [0.25, 0.3) is 4.96 Å². The van der Waals surface area contributed by atoms with Gasteiger partial charge in [-0.3, -0.25) is 4.79 Å². The number of rotatable bonds is 4. The lowest BCUT2D eigenvalue weighted by Gasteiger charge is -2.14. The minimum absolute atomic E-state index is 0.0326. The molecule has 3 rings (SSSR count). The molecule has 0 saturated heterocycles. The van der Waals surface area contributed by atoms with Gasteiger partial charge < -0.3 is 10.1 Å². The first-order chi connectivity index (χ1) is 10.1. The summed E-state index contributed by atoms with van der Waals surface area (Å²) < 4.78 is 7.25. The SMILES string of the molecule is CC(C)Oc1ccccc1NC(=O)c1cn2ncsc2n1. The normalized spacial score (nSPS) is 11.0. The number of nitrogens with one attached hydrogen (secondary N) is 1. The number of para-hydroxylation sites is 2. The fraction of sp³-hybridized carbons (Fsp3) is 0.214. The minimum Gasteiger partial charge on any atom is -0.489 e. The molecule has 0 aliphatic heterocycles. The number of aromatic nitrogens is 3. The van der Waals surface area contributed by atoms with Crippen LogP contribution in [0.4, 0.5) is 5.69 Å². The van der Waals surface area contributed by atoms with Gasteiger partial charge in [0, 0.05) is 0 Å². The zero-order valence-electron chi connectivity index (χ0n) is 11.6. The van der Waals surface area contributed by atoms with Crippen molar-refractivity contribution in [1.29, 1.82) is 0 Å². The van der Waals surface area contributed by atoms with Crippen molar-refractivity contribution >= 4 is 27.9 Å². The van der Waals surface area contributed by atoms with E-state index in [-0.39, 0.29) is 12.0 Å². The highest BCUT2D eigenvalue weighted by atomic mass is 32.1. The minimum atomic E-state index is -0.285. The second-order valence-electron chi connectivity index (χ2n) is 4.71. The van der Waals surface area contributed by atoms with Crippen molar-refractivity contribution in [2.45, 2.75) is 20.0 Å². The maximum absolute atomic E-state index is 12.3. The Hall–Kier alpha value is -2.41. The second kappa shape index (κ2) is 5.53. The maximum atomic E-state index is 12.3. The van der Waals surface area contributed by atoms with E-state index < -0.39 is 0 Å². The number of carbonyl (C=O) groups is 1. The van der Waals surface area contributed by atoms with Crippen LogP contribution in [-0.4, -0.2) is 26.6 Å². The standard InChI is InChI=1S/C14H14N4O2S/c1-9(2)20-12-6-4-3-5-10(12)16-13(19)11-7-18-14(17-11)21-8-15-18/h3-9H,1-2H3,(H,16,19). The van der Waals surface area contributed by atoms with Crippen molar-refractivity contribution < 1.29 is 9.53 Å². The molecule has 3 aromatic rings. The van der Waals surface area contributed by atoms with Gasteiger partial charge in [0.25, 0.3) is 5.91 Å². The lowest BCUT2D eigenvalue weighted by Crippen LogP contribution is -2.14. The number of imidazole rings is 1. The molecule has 2 heterocycles. The van der Waals surface area contributed by atoms with Crippen molar-refractivity contribution in [3.63, 3.8) is 0 Å². The van der Waals surface area contributed by atoms with E-state index in [4.69, 9.17) is 4.74 Å². The summed E-state index contributed by atoms with van der Waals surface area (Å²) in [5.41, 5.74) is 2.63. The van der Waals surface area contributed by atoms with Gasteiger partial charge >= 0.3 is 0 Å². The Morgan fingerprint density at radius 3 is 2.95 bits per heavy atom. The van der Waals surface area contributed by atoms with Gasteiger partial charge in [-0.05, 0) is 26.0 Å². The average Bonchev–Trinajstić information content (AvgIpc) is 3.01. The van der Waals surface area contributed by atoms with Crippen LogP contribution >= 0.6 is 11.3 Å². The van der Waals surface area contributed by atoms with Gasteiger partial charge in [0.05, 0.1) is 18.0 Å². The van der Waals surface area contributed by atoms with Crippen LogP contribution in [0.1, 0.15) is 24.3 Å². The summed E-state index contributed by atoms with van der Waals surface area (Å²) in [6.45, 7) is 3.88. The Morgan fingerprint density at radius 1 is 1.38 bits per heavy atom. The number of amides is 1. The van der Waals surface area contributed by atoms with Crippen molar-refractivity contribution in [3.05, 3.63) is 41.7 Å². The van der Waals surface area contributed by atoms with Crippen LogP contribution in [0.15, 0.2) is 36.0 Å². The molecule has 0 atom stereocenters. The topological polar surface area (TPSA) is 68.5 Å². The third-order valence-electron chi connectivity index (χ3n) is 2.72. The third kappa shape index (κ3) is 2.87. The molecule has 1 aromatic carbocycles. The van der Waals surface area contributed by atoms with Crippen LogP contribution in [0.5, 0.6) is 5.75 Å². The molecular formula is C14H14N4O2S. The van der Waals surface area contributed by atoms with Gasteiger partial charge in [-0.1, -0.05) is 23.5 Å². The summed E-state index contributed by atoms with van der Waals surface area (Å²) in [7, 11) is 0. The molecule has 0 unspecified atom stereocenters. The van der Waals surface area contributed by atoms with Gasteiger partial charge in [-0.2, -0.15) is 5.10 Å². The van der Waals surface area contributed by atoms with E-state index in [1.807, 2.05) is 32.0 Å². The van der Waals surface area contributed by atoms with Crippen LogP contribution in [0.2, 0.25) is 0 Å². The third-order valence-corrected chi connectivity index (χ3v) is 3.41. The Labute approximate surface area is 125 Å². The molecule has 0 aliphatic carbocycles. The van der Waals surface area contributed by atoms with Gasteiger partial charge in [0.15, 0.2) is 0 Å². The molecule has 1 amide bonds. The number of hydrogen-bond donors (Lipinski definition) is 1. The summed E-state index contributed by atoms with van der Waals surface area (Å²) in [4.78, 5) is 17.2. The number of carbonyl (C=O) groups excluding carboxylic acids is 1. The van der Waals surface area contributed by atoms with E-state index in [0.29, 0.717) is 22.1 Å². The summed E-state index contributed by atoms with van der Waals surface area (Å²) in [6.07, 6.45) is 1.64. The van der Waals surface area contributed by atoms with Gasteiger partial charge in [0.1, 0.15) is 17.0 Å². The van der Waals surface area contributed by atoms with Gasteiger partial charge in [-0.15, -0.1) is 0 Å². The Bertz CT molecular complexity index is 749. The molecule has 0 fully saturated rings. The molecule has 1 N–H and O–H groups in total. The molecule has 0 spiro atoms. The lowest BCUT2D eigenvalue weighted by molar-refractivity contribution is 0.102. The summed E-state index contributed by atoms with van der Waals surface area (Å²) in [5.74, 6) is 0.354. The molecule has 7 heteroatoms. The zero-order valence-corrected chi connectivity index (χ0v) is 12.4. The predicted octanol–water partition coefficient (Wildman–Crippen LogP) is 2.83. The van der Waals surface area contributed by atoms with Crippen LogP contribution in [-0.2, 0) is 0 Å². The van der Waals surface area contributed by atoms with Crippen LogP contribution in [0, 0.1) is 0 Å².